The van der Waals surface area contributed by atoms with Crippen LogP contribution in [0.25, 0.3) is 0 Å². The number of imide groups is 1. The van der Waals surface area contributed by atoms with E-state index in [4.69, 9.17) is 14.3 Å². The number of hydroxylamine groups is 1. The molecule has 0 bridgehead atoms. The zero-order valence-electron chi connectivity index (χ0n) is 22.0. The molecule has 0 N–H and O–H groups in total. The number of carbonyl (C=O) groups excluding carboxylic acids is 2. The summed E-state index contributed by atoms with van der Waals surface area (Å²) in [6.07, 6.45) is -0.967. The van der Waals surface area contributed by atoms with Gasteiger partial charge < -0.3 is 9.47 Å². The Morgan fingerprint density at radius 2 is 1.50 bits per heavy atom. The first-order valence-electron chi connectivity index (χ1n) is 13.0. The van der Waals surface area contributed by atoms with Gasteiger partial charge in [-0.3, -0.25) is 14.4 Å². The topological polar surface area (TPSA) is 68.3 Å². The number of halogens is 1. The number of para-hydroxylation sites is 1. The lowest BCUT2D eigenvalue weighted by atomic mass is 9.90. The second-order valence-electron chi connectivity index (χ2n) is 9.80. The van der Waals surface area contributed by atoms with E-state index < -0.39 is 18.1 Å². The van der Waals surface area contributed by atoms with E-state index in [1.807, 2.05) is 91.9 Å². The van der Waals surface area contributed by atoms with Crippen LogP contribution in [-0.2, 0) is 21.0 Å². The van der Waals surface area contributed by atoms with Crippen molar-refractivity contribution in [2.45, 2.75) is 25.7 Å². The Kier molecular flexibility index (Phi) is 7.04. The number of rotatable bonds is 7. The maximum Gasteiger partial charge on any atom is 0.266 e. The highest BCUT2D eigenvalue weighted by molar-refractivity contribution is 9.10. The average molecular weight is 599 g/mol. The molecule has 7 nitrogen and oxygen atoms in total. The van der Waals surface area contributed by atoms with Crippen molar-refractivity contribution in [3.8, 4) is 11.5 Å². The number of methoxy groups -OCH3 is 1. The molecule has 6 rings (SSSR count). The van der Waals surface area contributed by atoms with Crippen LogP contribution in [-0.4, -0.2) is 25.0 Å². The number of amides is 2. The van der Waals surface area contributed by atoms with E-state index in [1.54, 1.807) is 24.3 Å². The highest BCUT2D eigenvalue weighted by Crippen LogP contribution is 2.50. The predicted octanol–water partition coefficient (Wildman–Crippen LogP) is 6.40. The average Bonchev–Trinajstić information content (AvgIpc) is 3.49. The molecule has 0 aromatic heterocycles. The molecule has 8 heteroatoms. The Morgan fingerprint density at radius 3 is 2.17 bits per heavy atom. The van der Waals surface area contributed by atoms with Crippen molar-refractivity contribution < 1.29 is 23.9 Å². The normalized spacial score (nSPS) is 20.1. The van der Waals surface area contributed by atoms with Crippen molar-refractivity contribution in [2.24, 2.45) is 5.92 Å². The fourth-order valence-electron chi connectivity index (χ4n) is 5.26. The zero-order chi connectivity index (χ0) is 27.8. The molecule has 0 spiro atoms. The molecule has 202 valence electrons. The molecule has 0 unspecified atom stereocenters. The van der Waals surface area contributed by atoms with Crippen LogP contribution in [0.1, 0.15) is 22.7 Å². The first kappa shape index (κ1) is 26.1. The second kappa shape index (κ2) is 10.8. The molecule has 2 fully saturated rings. The fraction of sp³-hybridized carbons (Fsp3) is 0.188. The van der Waals surface area contributed by atoms with Crippen molar-refractivity contribution >= 4 is 39.1 Å². The molecule has 3 atom stereocenters. The van der Waals surface area contributed by atoms with Gasteiger partial charge in [0.15, 0.2) is 17.6 Å². The standard InChI is InChI=1S/C32H27BrN2O5/c1-20-13-15-22(16-14-20)34-31(36)28-29(35(40-30(28)32(34)37)23-11-7-4-8-12-23)24-17-26(38-2)27(18-25(24)33)39-19-21-9-5-3-6-10-21/h3-18,28-30H,19H2,1-2H3/t28-,29+,30+/m0/s1. The van der Waals surface area contributed by atoms with Gasteiger partial charge in [-0.2, -0.15) is 0 Å². The summed E-state index contributed by atoms with van der Waals surface area (Å²) < 4.78 is 12.5. The number of anilines is 2. The van der Waals surface area contributed by atoms with Crippen molar-refractivity contribution in [1.82, 2.24) is 0 Å². The van der Waals surface area contributed by atoms with Crippen molar-refractivity contribution in [3.63, 3.8) is 0 Å². The number of carbonyl (C=O) groups is 2. The second-order valence-corrected chi connectivity index (χ2v) is 10.7. The van der Waals surface area contributed by atoms with Crippen LogP contribution < -0.4 is 19.4 Å². The van der Waals surface area contributed by atoms with Crippen LogP contribution in [0.15, 0.2) is 102 Å². The van der Waals surface area contributed by atoms with Crippen molar-refractivity contribution in [3.05, 3.63) is 118 Å². The van der Waals surface area contributed by atoms with E-state index in [0.717, 1.165) is 22.4 Å². The van der Waals surface area contributed by atoms with Gasteiger partial charge >= 0.3 is 0 Å². The third kappa shape index (κ3) is 4.63. The number of hydrogen-bond donors (Lipinski definition) is 0. The molecule has 2 heterocycles. The van der Waals surface area contributed by atoms with E-state index in [2.05, 4.69) is 15.9 Å². The van der Waals surface area contributed by atoms with Crippen LogP contribution in [0.5, 0.6) is 11.5 Å². The lowest BCUT2D eigenvalue weighted by Crippen LogP contribution is -2.37. The highest BCUT2D eigenvalue weighted by atomic mass is 79.9. The molecule has 4 aromatic rings. The summed E-state index contributed by atoms with van der Waals surface area (Å²) in [5, 5.41) is 1.67. The van der Waals surface area contributed by atoms with Gasteiger partial charge in [0.05, 0.1) is 24.5 Å². The summed E-state index contributed by atoms with van der Waals surface area (Å²) in [7, 11) is 1.58. The fourth-order valence-corrected chi connectivity index (χ4v) is 5.82. The van der Waals surface area contributed by atoms with Crippen LogP contribution >= 0.6 is 15.9 Å². The number of fused-ring (bicyclic) bond motifs is 1. The molecule has 2 aliphatic rings. The van der Waals surface area contributed by atoms with E-state index in [1.165, 1.54) is 4.90 Å². The monoisotopic (exact) mass is 598 g/mol. The summed E-state index contributed by atoms with van der Waals surface area (Å²) in [5.74, 6) is -0.395. The Labute approximate surface area is 241 Å². The largest absolute Gasteiger partial charge is 0.493 e. The molecule has 2 saturated heterocycles. The minimum Gasteiger partial charge on any atom is -0.493 e. The number of aryl methyl sites for hydroxylation is 1. The van der Waals surface area contributed by atoms with E-state index in [0.29, 0.717) is 28.3 Å². The molecular weight excluding hydrogens is 572 g/mol. The van der Waals surface area contributed by atoms with Crippen LogP contribution in [0.2, 0.25) is 0 Å². The SMILES string of the molecule is COc1cc([C@@H]2[C@@H]3C(=O)N(c4ccc(C)cc4)C(=O)[C@@H]3ON2c2ccccc2)c(Br)cc1OCc1ccccc1. The van der Waals surface area contributed by atoms with E-state index in [9.17, 15) is 9.59 Å². The first-order chi connectivity index (χ1) is 19.5. The summed E-state index contributed by atoms with van der Waals surface area (Å²) in [6, 6.07) is 29.8. The minimum atomic E-state index is -0.967. The smallest absolute Gasteiger partial charge is 0.266 e. The first-order valence-corrected chi connectivity index (χ1v) is 13.7. The summed E-state index contributed by atoms with van der Waals surface area (Å²) in [6.45, 7) is 2.33. The van der Waals surface area contributed by atoms with Gasteiger partial charge in [0, 0.05) is 4.47 Å². The highest BCUT2D eigenvalue weighted by Gasteiger charge is 2.60. The van der Waals surface area contributed by atoms with Gasteiger partial charge in [0.25, 0.3) is 5.91 Å². The van der Waals surface area contributed by atoms with Crippen molar-refractivity contribution in [1.29, 1.82) is 0 Å². The number of nitrogens with zero attached hydrogens (tertiary/aromatic N) is 2. The Hall–Kier alpha value is -4.14. The Balaban J connectivity index is 1.40. The van der Waals surface area contributed by atoms with Crippen LogP contribution in [0.3, 0.4) is 0 Å². The maximum atomic E-state index is 14.0. The molecule has 2 amide bonds. The summed E-state index contributed by atoms with van der Waals surface area (Å²) in [5.41, 5.74) is 4.08. The minimum absolute atomic E-state index is 0.308. The Morgan fingerprint density at radius 1 is 0.825 bits per heavy atom. The van der Waals surface area contributed by atoms with Gasteiger partial charge in [-0.05, 0) is 54.4 Å². The molecule has 0 aliphatic carbocycles. The molecule has 0 radical (unpaired) electrons. The molecule has 40 heavy (non-hydrogen) atoms. The van der Waals surface area contributed by atoms with Gasteiger partial charge in [-0.15, -0.1) is 0 Å². The van der Waals surface area contributed by atoms with Gasteiger partial charge in [0.2, 0.25) is 5.91 Å². The maximum absolute atomic E-state index is 14.0. The lowest BCUT2D eigenvalue weighted by Gasteiger charge is -2.30. The van der Waals surface area contributed by atoms with Crippen LogP contribution in [0.4, 0.5) is 11.4 Å². The van der Waals surface area contributed by atoms with Gasteiger partial charge in [-0.25, -0.2) is 9.96 Å². The van der Waals surface area contributed by atoms with E-state index >= 15 is 0 Å². The molecule has 4 aromatic carbocycles. The lowest BCUT2D eigenvalue weighted by molar-refractivity contribution is -0.126. The molecule has 2 aliphatic heterocycles. The summed E-state index contributed by atoms with van der Waals surface area (Å²) >= 11 is 3.72. The van der Waals surface area contributed by atoms with Crippen molar-refractivity contribution in [2.75, 3.05) is 17.1 Å². The zero-order valence-corrected chi connectivity index (χ0v) is 23.6. The number of hydrogen-bond acceptors (Lipinski definition) is 6. The van der Waals surface area contributed by atoms with Gasteiger partial charge in [0.1, 0.15) is 12.5 Å². The van der Waals surface area contributed by atoms with E-state index in [-0.39, 0.29) is 11.8 Å². The quantitative estimate of drug-likeness (QED) is 0.229. The van der Waals surface area contributed by atoms with Crippen LogP contribution in [0, 0.1) is 12.8 Å². The number of benzene rings is 4. The third-order valence-electron chi connectivity index (χ3n) is 7.26. The van der Waals surface area contributed by atoms with Gasteiger partial charge in [-0.1, -0.05) is 82.2 Å². The Bertz CT molecular complexity index is 1550. The summed E-state index contributed by atoms with van der Waals surface area (Å²) in [4.78, 5) is 35.1. The molecular formula is C32H27BrN2O5. The number of ether oxygens (including phenoxy) is 2. The molecule has 0 saturated carbocycles. The predicted molar refractivity (Wildman–Crippen MR) is 155 cm³/mol. The third-order valence-corrected chi connectivity index (χ3v) is 7.94.